The van der Waals surface area contributed by atoms with Gasteiger partial charge in [0.15, 0.2) is 17.8 Å². The maximum Gasteiger partial charge on any atom is 0.168 e. The van der Waals surface area contributed by atoms with Crippen molar-refractivity contribution in [3.05, 3.63) is 47.5 Å². The number of hydrogen-bond donors (Lipinski definition) is 1. The molecule has 0 unspecified atom stereocenters. The minimum absolute atomic E-state index is 0.102. The fraction of sp³-hybridized carbons (Fsp3) is 0.235. The molecule has 0 bridgehead atoms. The number of aldehydes is 1. The van der Waals surface area contributed by atoms with Crippen molar-refractivity contribution in [2.45, 2.75) is 18.8 Å². The van der Waals surface area contributed by atoms with Crippen molar-refractivity contribution >= 4 is 6.29 Å². The van der Waals surface area contributed by atoms with Crippen LogP contribution in [0, 0.1) is 0 Å². The average molecular weight is 268 g/mol. The summed E-state index contributed by atoms with van der Waals surface area (Å²) in [6.07, 6.45) is 3.08. The third kappa shape index (κ3) is 2.16. The first-order chi connectivity index (χ1) is 9.74. The van der Waals surface area contributed by atoms with E-state index in [2.05, 4.69) is 6.07 Å². The Balaban J connectivity index is 2.17. The van der Waals surface area contributed by atoms with Crippen molar-refractivity contribution < 1.29 is 14.6 Å². The number of ether oxygens (including phenoxy) is 1. The number of hydrogen-bond acceptors (Lipinski definition) is 3. The summed E-state index contributed by atoms with van der Waals surface area (Å²) < 4.78 is 5.16. The maximum absolute atomic E-state index is 11.1. The van der Waals surface area contributed by atoms with Gasteiger partial charge < -0.3 is 9.84 Å². The second-order valence-electron chi connectivity index (χ2n) is 5.10. The maximum atomic E-state index is 11.1. The number of methoxy groups -OCH3 is 1. The van der Waals surface area contributed by atoms with E-state index in [1.54, 1.807) is 12.1 Å². The molecule has 1 saturated carbocycles. The number of benzene rings is 2. The smallest absolute Gasteiger partial charge is 0.168 e. The fourth-order valence-corrected chi connectivity index (χ4v) is 2.54. The quantitative estimate of drug-likeness (QED) is 0.859. The Bertz CT molecular complexity index is 657. The predicted octanol–water partition coefficient (Wildman–Crippen LogP) is 3.76. The molecule has 102 valence electrons. The Morgan fingerprint density at radius 3 is 2.65 bits per heavy atom. The molecule has 0 atom stereocenters. The summed E-state index contributed by atoms with van der Waals surface area (Å²) in [5.74, 6) is 0.844. The minimum atomic E-state index is -0.102. The lowest BCUT2D eigenvalue weighted by Crippen LogP contribution is -1.93. The first-order valence-electron chi connectivity index (χ1n) is 6.70. The summed E-state index contributed by atoms with van der Waals surface area (Å²) in [5.41, 5.74) is 3.57. The lowest BCUT2D eigenvalue weighted by molar-refractivity contribution is 0.112. The number of carbonyl (C=O) groups is 1. The summed E-state index contributed by atoms with van der Waals surface area (Å²) in [6, 6.07) is 11.7. The molecule has 1 fully saturated rings. The number of carbonyl (C=O) groups excluding carboxylic acids is 1. The van der Waals surface area contributed by atoms with Crippen LogP contribution in [0.15, 0.2) is 36.4 Å². The van der Waals surface area contributed by atoms with Crippen molar-refractivity contribution in [3.63, 3.8) is 0 Å². The van der Waals surface area contributed by atoms with Crippen LogP contribution in [0.1, 0.15) is 34.7 Å². The highest BCUT2D eigenvalue weighted by Crippen LogP contribution is 2.45. The molecular formula is C17H16O3. The fourth-order valence-electron chi connectivity index (χ4n) is 2.54. The van der Waals surface area contributed by atoms with Gasteiger partial charge in [-0.1, -0.05) is 24.3 Å². The Labute approximate surface area is 117 Å². The molecule has 0 spiro atoms. The number of rotatable bonds is 4. The highest BCUT2D eigenvalue weighted by molar-refractivity contribution is 5.85. The molecule has 3 heteroatoms. The van der Waals surface area contributed by atoms with Gasteiger partial charge in [0, 0.05) is 0 Å². The molecule has 3 nitrogen and oxygen atoms in total. The molecule has 0 aromatic heterocycles. The topological polar surface area (TPSA) is 46.5 Å². The van der Waals surface area contributed by atoms with Gasteiger partial charge in [0.05, 0.1) is 12.7 Å². The van der Waals surface area contributed by atoms with Crippen LogP contribution in [0.5, 0.6) is 11.5 Å². The zero-order valence-electron chi connectivity index (χ0n) is 11.3. The summed E-state index contributed by atoms with van der Waals surface area (Å²) in [6.45, 7) is 0. The van der Waals surface area contributed by atoms with Gasteiger partial charge in [-0.2, -0.15) is 0 Å². The molecule has 2 aromatic rings. The molecule has 0 amide bonds. The summed E-state index contributed by atoms with van der Waals surface area (Å²) in [5, 5.41) is 9.89. The van der Waals surface area contributed by atoms with Crippen molar-refractivity contribution in [3.8, 4) is 22.6 Å². The lowest BCUT2D eigenvalue weighted by Gasteiger charge is -2.12. The standard InChI is InChI=1S/C17H16O3/c1-20-16-9-12(8-13(10-18)17(16)19)15-5-3-2-4-14(15)11-6-7-11/h2-5,8-11,19H,6-7H2,1H3. The molecule has 20 heavy (non-hydrogen) atoms. The van der Waals surface area contributed by atoms with E-state index in [0.717, 1.165) is 11.1 Å². The van der Waals surface area contributed by atoms with Crippen LogP contribution in [0.25, 0.3) is 11.1 Å². The summed E-state index contributed by atoms with van der Waals surface area (Å²) in [4.78, 5) is 11.1. The first-order valence-corrected chi connectivity index (χ1v) is 6.70. The summed E-state index contributed by atoms with van der Waals surface area (Å²) in [7, 11) is 1.49. The van der Waals surface area contributed by atoms with Gasteiger partial charge in [0.1, 0.15) is 0 Å². The lowest BCUT2D eigenvalue weighted by atomic mass is 9.95. The van der Waals surface area contributed by atoms with Gasteiger partial charge >= 0.3 is 0 Å². The van der Waals surface area contributed by atoms with Gasteiger partial charge in [0.25, 0.3) is 0 Å². The van der Waals surface area contributed by atoms with Gasteiger partial charge in [-0.15, -0.1) is 0 Å². The zero-order chi connectivity index (χ0) is 14.1. The molecule has 1 N–H and O–H groups in total. The Hall–Kier alpha value is -2.29. The largest absolute Gasteiger partial charge is 0.504 e. The molecule has 2 aromatic carbocycles. The molecular weight excluding hydrogens is 252 g/mol. The van der Waals surface area contributed by atoms with E-state index in [9.17, 15) is 9.90 Å². The van der Waals surface area contributed by atoms with Gasteiger partial charge in [-0.3, -0.25) is 4.79 Å². The van der Waals surface area contributed by atoms with Crippen LogP contribution in [-0.2, 0) is 0 Å². The highest BCUT2D eigenvalue weighted by atomic mass is 16.5. The molecule has 1 aliphatic carbocycles. The van der Waals surface area contributed by atoms with E-state index in [1.165, 1.54) is 25.5 Å². The van der Waals surface area contributed by atoms with Crippen LogP contribution < -0.4 is 4.74 Å². The van der Waals surface area contributed by atoms with E-state index in [1.807, 2.05) is 18.2 Å². The third-order valence-electron chi connectivity index (χ3n) is 3.74. The number of phenolic OH excluding ortho intramolecular Hbond substituents is 1. The molecule has 0 saturated heterocycles. The van der Waals surface area contributed by atoms with E-state index in [4.69, 9.17) is 4.74 Å². The normalized spacial score (nSPS) is 14.1. The van der Waals surface area contributed by atoms with E-state index in [0.29, 0.717) is 18.0 Å². The third-order valence-corrected chi connectivity index (χ3v) is 3.74. The average Bonchev–Trinajstić information content (AvgIpc) is 3.32. The van der Waals surface area contributed by atoms with Crippen molar-refractivity contribution in [1.82, 2.24) is 0 Å². The van der Waals surface area contributed by atoms with Crippen LogP contribution in [0.3, 0.4) is 0 Å². The SMILES string of the molecule is COc1cc(-c2ccccc2C2CC2)cc(C=O)c1O. The second kappa shape index (κ2) is 5.00. The van der Waals surface area contributed by atoms with Crippen molar-refractivity contribution in [2.75, 3.05) is 7.11 Å². The van der Waals surface area contributed by atoms with Crippen LogP contribution in [-0.4, -0.2) is 18.5 Å². The van der Waals surface area contributed by atoms with Gasteiger partial charge in [0.2, 0.25) is 0 Å². The molecule has 0 aliphatic heterocycles. The monoisotopic (exact) mass is 268 g/mol. The predicted molar refractivity (Wildman–Crippen MR) is 77.5 cm³/mol. The van der Waals surface area contributed by atoms with Gasteiger partial charge in [-0.25, -0.2) is 0 Å². The first kappa shape index (κ1) is 12.7. The van der Waals surface area contributed by atoms with Crippen LogP contribution >= 0.6 is 0 Å². The van der Waals surface area contributed by atoms with Crippen molar-refractivity contribution in [2.24, 2.45) is 0 Å². The molecule has 0 radical (unpaired) electrons. The second-order valence-corrected chi connectivity index (χ2v) is 5.10. The van der Waals surface area contributed by atoms with Crippen LogP contribution in [0.2, 0.25) is 0 Å². The Morgan fingerprint density at radius 2 is 2.00 bits per heavy atom. The number of aromatic hydroxyl groups is 1. The summed E-state index contributed by atoms with van der Waals surface area (Å²) >= 11 is 0. The van der Waals surface area contributed by atoms with E-state index >= 15 is 0 Å². The minimum Gasteiger partial charge on any atom is -0.504 e. The zero-order valence-corrected chi connectivity index (χ0v) is 11.3. The molecule has 1 aliphatic rings. The van der Waals surface area contributed by atoms with Crippen molar-refractivity contribution in [1.29, 1.82) is 0 Å². The van der Waals surface area contributed by atoms with Gasteiger partial charge in [-0.05, 0) is 47.6 Å². The molecule has 3 rings (SSSR count). The van der Waals surface area contributed by atoms with Crippen LogP contribution in [0.4, 0.5) is 0 Å². The Morgan fingerprint density at radius 1 is 1.25 bits per heavy atom. The number of phenols is 1. The Kier molecular flexibility index (Phi) is 3.18. The molecule has 0 heterocycles. The van der Waals surface area contributed by atoms with E-state index in [-0.39, 0.29) is 11.3 Å². The highest BCUT2D eigenvalue weighted by Gasteiger charge is 2.26. The van der Waals surface area contributed by atoms with E-state index < -0.39 is 0 Å².